The van der Waals surface area contributed by atoms with Crippen molar-refractivity contribution in [3.8, 4) is 0 Å². The summed E-state index contributed by atoms with van der Waals surface area (Å²) >= 11 is 0. The maximum Gasteiger partial charge on any atom is 0.307 e. The number of hydrogen-bond donors (Lipinski definition) is 1. The highest BCUT2D eigenvalue weighted by Crippen LogP contribution is 2.23. The maximum atomic E-state index is 12.5. The van der Waals surface area contributed by atoms with E-state index < -0.39 is 12.0 Å². The summed E-state index contributed by atoms with van der Waals surface area (Å²) in [4.78, 5) is 28.1. The average Bonchev–Trinajstić information content (AvgIpc) is 3.05. The molecule has 6 nitrogen and oxygen atoms in total. The van der Waals surface area contributed by atoms with E-state index >= 15 is 0 Å². The molecule has 0 bridgehead atoms. The third kappa shape index (κ3) is 4.18. The molecule has 6 heteroatoms. The fourth-order valence-corrected chi connectivity index (χ4v) is 2.28. The molecule has 2 aromatic rings. The first-order valence-electron chi connectivity index (χ1n) is 7.38. The van der Waals surface area contributed by atoms with Crippen LogP contribution < -0.4 is 5.32 Å². The van der Waals surface area contributed by atoms with Gasteiger partial charge in [-0.1, -0.05) is 13.8 Å². The van der Waals surface area contributed by atoms with Gasteiger partial charge in [-0.2, -0.15) is 0 Å². The van der Waals surface area contributed by atoms with Gasteiger partial charge in [-0.15, -0.1) is 0 Å². The zero-order valence-corrected chi connectivity index (χ0v) is 13.4. The molecule has 0 aliphatic rings. The van der Waals surface area contributed by atoms with E-state index in [9.17, 15) is 9.59 Å². The molecule has 2 rings (SSSR count). The second-order valence-electron chi connectivity index (χ2n) is 5.45. The van der Waals surface area contributed by atoms with E-state index in [0.717, 1.165) is 11.1 Å². The van der Waals surface area contributed by atoms with Crippen LogP contribution in [0.2, 0.25) is 0 Å². The Hall–Kier alpha value is -2.63. The van der Waals surface area contributed by atoms with Crippen LogP contribution in [0.3, 0.4) is 0 Å². The molecule has 0 unspecified atom stereocenters. The van der Waals surface area contributed by atoms with Crippen molar-refractivity contribution in [2.75, 3.05) is 7.11 Å². The first kappa shape index (κ1) is 16.7. The van der Waals surface area contributed by atoms with Gasteiger partial charge in [0, 0.05) is 18.0 Å². The van der Waals surface area contributed by atoms with Crippen LogP contribution >= 0.6 is 0 Å². The highest BCUT2D eigenvalue weighted by atomic mass is 16.5. The van der Waals surface area contributed by atoms with Gasteiger partial charge in [-0.3, -0.25) is 14.6 Å². The standard InChI is InChI=1S/C17H20N2O4/c1-11(2)13-6-9-23-16(13)17(21)19-14(10-15(20)22-3)12-4-7-18-8-5-12/h4-9,11,14H,10H2,1-3H3,(H,19,21)/t14-/m1/s1. The van der Waals surface area contributed by atoms with Crippen molar-refractivity contribution in [3.63, 3.8) is 0 Å². The molecule has 0 saturated heterocycles. The Morgan fingerprint density at radius 2 is 1.96 bits per heavy atom. The molecular formula is C17H20N2O4. The summed E-state index contributed by atoms with van der Waals surface area (Å²) in [6, 6.07) is 4.77. The number of ether oxygens (including phenoxy) is 1. The fraction of sp³-hybridized carbons (Fsp3) is 0.353. The molecule has 0 radical (unpaired) electrons. The van der Waals surface area contributed by atoms with Crippen LogP contribution in [0.1, 0.15) is 53.9 Å². The number of rotatable bonds is 6. The first-order chi connectivity index (χ1) is 11.0. The van der Waals surface area contributed by atoms with Gasteiger partial charge in [0.25, 0.3) is 5.91 Å². The minimum absolute atomic E-state index is 0.0317. The highest BCUT2D eigenvalue weighted by Gasteiger charge is 2.23. The molecule has 0 aliphatic carbocycles. The van der Waals surface area contributed by atoms with E-state index in [1.165, 1.54) is 13.4 Å². The number of nitrogens with zero attached hydrogens (tertiary/aromatic N) is 1. The van der Waals surface area contributed by atoms with Crippen molar-refractivity contribution < 1.29 is 18.7 Å². The monoisotopic (exact) mass is 316 g/mol. The smallest absolute Gasteiger partial charge is 0.307 e. The number of nitrogens with one attached hydrogen (secondary N) is 1. The Balaban J connectivity index is 2.21. The molecule has 1 atom stereocenters. The number of hydrogen-bond acceptors (Lipinski definition) is 5. The van der Waals surface area contributed by atoms with Crippen molar-refractivity contribution in [2.45, 2.75) is 32.2 Å². The summed E-state index contributed by atoms with van der Waals surface area (Å²) in [5, 5.41) is 2.83. The lowest BCUT2D eigenvalue weighted by molar-refractivity contribution is -0.141. The summed E-state index contributed by atoms with van der Waals surface area (Å²) < 4.78 is 10.0. The Bertz CT molecular complexity index is 664. The molecule has 0 aromatic carbocycles. The first-order valence-corrected chi connectivity index (χ1v) is 7.38. The van der Waals surface area contributed by atoms with Gasteiger partial charge in [-0.05, 0) is 29.7 Å². The van der Waals surface area contributed by atoms with E-state index in [4.69, 9.17) is 9.15 Å². The lowest BCUT2D eigenvalue weighted by atomic mass is 10.0. The largest absolute Gasteiger partial charge is 0.469 e. The van der Waals surface area contributed by atoms with Gasteiger partial charge in [-0.25, -0.2) is 0 Å². The molecule has 0 aliphatic heterocycles. The molecule has 2 aromatic heterocycles. The number of pyridine rings is 1. The average molecular weight is 316 g/mol. The summed E-state index contributed by atoms with van der Waals surface area (Å²) in [6.45, 7) is 3.97. The van der Waals surface area contributed by atoms with E-state index in [0.29, 0.717) is 0 Å². The Morgan fingerprint density at radius 3 is 2.57 bits per heavy atom. The van der Waals surface area contributed by atoms with Gasteiger partial charge >= 0.3 is 5.97 Å². The van der Waals surface area contributed by atoms with Crippen molar-refractivity contribution >= 4 is 11.9 Å². The van der Waals surface area contributed by atoms with Crippen molar-refractivity contribution in [1.29, 1.82) is 0 Å². The van der Waals surface area contributed by atoms with Gasteiger partial charge < -0.3 is 14.5 Å². The predicted octanol–water partition coefficient (Wildman–Crippen LogP) is 2.83. The molecule has 122 valence electrons. The van der Waals surface area contributed by atoms with Gasteiger partial charge in [0.15, 0.2) is 5.76 Å². The van der Waals surface area contributed by atoms with Gasteiger partial charge in [0.2, 0.25) is 0 Å². The van der Waals surface area contributed by atoms with Crippen LogP contribution in [0.25, 0.3) is 0 Å². The normalized spacial score (nSPS) is 12.0. The number of furan rings is 1. The van der Waals surface area contributed by atoms with Crippen molar-refractivity contribution in [1.82, 2.24) is 10.3 Å². The van der Waals surface area contributed by atoms with Gasteiger partial charge in [0.05, 0.1) is 25.8 Å². The lowest BCUT2D eigenvalue weighted by Gasteiger charge is -2.18. The molecule has 1 N–H and O–H groups in total. The van der Waals surface area contributed by atoms with Crippen LogP contribution in [-0.2, 0) is 9.53 Å². The van der Waals surface area contributed by atoms with Crippen molar-refractivity contribution in [2.24, 2.45) is 0 Å². The van der Waals surface area contributed by atoms with Crippen LogP contribution in [0.15, 0.2) is 41.3 Å². The zero-order chi connectivity index (χ0) is 16.8. The third-order valence-electron chi connectivity index (χ3n) is 3.54. The number of carbonyl (C=O) groups is 2. The molecule has 0 saturated carbocycles. The van der Waals surface area contributed by atoms with E-state index in [-0.39, 0.29) is 24.0 Å². The fourth-order valence-electron chi connectivity index (χ4n) is 2.28. The Kier molecular flexibility index (Phi) is 5.51. The molecule has 0 spiro atoms. The summed E-state index contributed by atoms with van der Waals surface area (Å²) in [6.07, 6.45) is 4.74. The zero-order valence-electron chi connectivity index (χ0n) is 13.4. The summed E-state index contributed by atoms with van der Waals surface area (Å²) in [5.41, 5.74) is 1.60. The minimum Gasteiger partial charge on any atom is -0.469 e. The Morgan fingerprint density at radius 1 is 1.26 bits per heavy atom. The lowest BCUT2D eigenvalue weighted by Crippen LogP contribution is -2.31. The topological polar surface area (TPSA) is 81.4 Å². The summed E-state index contributed by atoms with van der Waals surface area (Å²) in [5.74, 6) is -0.335. The minimum atomic E-state index is -0.511. The van der Waals surface area contributed by atoms with E-state index in [1.807, 2.05) is 13.8 Å². The van der Waals surface area contributed by atoms with Crippen LogP contribution in [0.4, 0.5) is 0 Å². The maximum absolute atomic E-state index is 12.5. The van der Waals surface area contributed by atoms with E-state index in [1.54, 1.807) is 30.6 Å². The van der Waals surface area contributed by atoms with Crippen LogP contribution in [-0.4, -0.2) is 24.0 Å². The SMILES string of the molecule is COC(=O)C[C@@H](NC(=O)c1occc1C(C)C)c1ccncc1. The van der Waals surface area contributed by atoms with Gasteiger partial charge in [0.1, 0.15) is 0 Å². The Labute approximate surface area is 134 Å². The summed E-state index contributed by atoms with van der Waals surface area (Å²) in [7, 11) is 1.32. The predicted molar refractivity (Wildman–Crippen MR) is 83.9 cm³/mol. The highest BCUT2D eigenvalue weighted by molar-refractivity contribution is 5.93. The molecule has 2 heterocycles. The number of methoxy groups -OCH3 is 1. The molecule has 1 amide bonds. The molecule has 0 fully saturated rings. The van der Waals surface area contributed by atoms with Crippen molar-refractivity contribution in [3.05, 3.63) is 53.7 Å². The van der Waals surface area contributed by atoms with Crippen LogP contribution in [0, 0.1) is 0 Å². The molecule has 23 heavy (non-hydrogen) atoms. The van der Waals surface area contributed by atoms with Crippen LogP contribution in [0.5, 0.6) is 0 Å². The number of carbonyl (C=O) groups excluding carboxylic acids is 2. The number of esters is 1. The van der Waals surface area contributed by atoms with E-state index in [2.05, 4.69) is 10.3 Å². The molecular weight excluding hydrogens is 296 g/mol. The quantitative estimate of drug-likeness (QED) is 0.829. The number of aromatic nitrogens is 1. The second-order valence-corrected chi connectivity index (χ2v) is 5.45. The second kappa shape index (κ2) is 7.58. The third-order valence-corrected chi connectivity index (χ3v) is 3.54. The number of amides is 1.